The van der Waals surface area contributed by atoms with E-state index in [9.17, 15) is 4.79 Å². The maximum atomic E-state index is 11.8. The van der Waals surface area contributed by atoms with Crippen LogP contribution in [0.4, 0.5) is 5.95 Å². The summed E-state index contributed by atoms with van der Waals surface area (Å²) in [5.41, 5.74) is 5.47. The highest BCUT2D eigenvalue weighted by atomic mass is 16.5. The fourth-order valence-corrected chi connectivity index (χ4v) is 1.67. The van der Waals surface area contributed by atoms with Gasteiger partial charge in [-0.1, -0.05) is 0 Å². The van der Waals surface area contributed by atoms with E-state index in [4.69, 9.17) is 10.5 Å². The van der Waals surface area contributed by atoms with E-state index in [2.05, 4.69) is 15.4 Å². The van der Waals surface area contributed by atoms with Gasteiger partial charge in [0.25, 0.3) is 5.91 Å². The van der Waals surface area contributed by atoms with Crippen molar-refractivity contribution in [2.24, 2.45) is 12.8 Å². The number of aromatic nitrogens is 3. The van der Waals surface area contributed by atoms with Crippen LogP contribution in [0.1, 0.15) is 12.8 Å². The molecule has 0 spiro atoms. The lowest BCUT2D eigenvalue weighted by Crippen LogP contribution is -2.30. The van der Waals surface area contributed by atoms with Crippen molar-refractivity contribution in [1.82, 2.24) is 14.8 Å². The molecule has 0 bridgehead atoms. The zero-order valence-corrected chi connectivity index (χ0v) is 9.09. The first kappa shape index (κ1) is 11.0. The predicted molar refractivity (Wildman–Crippen MR) is 56.6 cm³/mol. The first-order chi connectivity index (χ1) is 7.70. The van der Waals surface area contributed by atoms with Gasteiger partial charge in [0.15, 0.2) is 0 Å². The second-order valence-electron chi connectivity index (χ2n) is 3.76. The predicted octanol–water partition coefficient (Wildman–Crippen LogP) is -0.740. The minimum atomic E-state index is -0.426. The van der Waals surface area contributed by atoms with Gasteiger partial charge >= 0.3 is 0 Å². The quantitative estimate of drug-likeness (QED) is 0.706. The SMILES string of the molecule is Cn1ncnc1NC(=O)C1CCC(CN)O1. The van der Waals surface area contributed by atoms with Crippen molar-refractivity contribution in [3.63, 3.8) is 0 Å². The first-order valence-electron chi connectivity index (χ1n) is 5.21. The molecule has 1 aromatic heterocycles. The van der Waals surface area contributed by atoms with E-state index in [-0.39, 0.29) is 12.0 Å². The number of nitrogens with zero attached hydrogens (tertiary/aromatic N) is 3. The van der Waals surface area contributed by atoms with E-state index in [1.165, 1.54) is 11.0 Å². The highest BCUT2D eigenvalue weighted by Crippen LogP contribution is 2.19. The maximum Gasteiger partial charge on any atom is 0.255 e. The molecule has 2 rings (SSSR count). The largest absolute Gasteiger partial charge is 0.364 e. The highest BCUT2D eigenvalue weighted by molar-refractivity contribution is 5.92. The normalized spacial score (nSPS) is 24.6. The number of anilines is 1. The smallest absolute Gasteiger partial charge is 0.255 e. The summed E-state index contributed by atoms with van der Waals surface area (Å²) < 4.78 is 6.96. The van der Waals surface area contributed by atoms with Crippen LogP contribution >= 0.6 is 0 Å². The Labute approximate surface area is 93.0 Å². The minimum absolute atomic E-state index is 0.00440. The first-order valence-corrected chi connectivity index (χ1v) is 5.21. The molecule has 1 amide bonds. The van der Waals surface area contributed by atoms with Crippen LogP contribution in [-0.2, 0) is 16.6 Å². The number of nitrogens with two attached hydrogens (primary N) is 1. The van der Waals surface area contributed by atoms with E-state index in [0.717, 1.165) is 6.42 Å². The van der Waals surface area contributed by atoms with Crippen LogP contribution in [0.25, 0.3) is 0 Å². The molecule has 16 heavy (non-hydrogen) atoms. The molecule has 0 radical (unpaired) electrons. The third-order valence-electron chi connectivity index (χ3n) is 2.61. The summed E-state index contributed by atoms with van der Waals surface area (Å²) in [5, 5.41) is 6.52. The lowest BCUT2D eigenvalue weighted by molar-refractivity contribution is -0.126. The number of amides is 1. The Morgan fingerprint density at radius 1 is 1.75 bits per heavy atom. The number of hydrogen-bond donors (Lipinski definition) is 2. The maximum absolute atomic E-state index is 11.8. The number of rotatable bonds is 3. The van der Waals surface area contributed by atoms with Crippen LogP contribution in [0.3, 0.4) is 0 Å². The topological polar surface area (TPSA) is 95.1 Å². The number of hydrogen-bond acceptors (Lipinski definition) is 5. The van der Waals surface area contributed by atoms with Gasteiger partial charge in [-0.05, 0) is 12.8 Å². The molecule has 1 fully saturated rings. The second kappa shape index (κ2) is 4.58. The van der Waals surface area contributed by atoms with Crippen LogP contribution in [-0.4, -0.2) is 39.4 Å². The van der Waals surface area contributed by atoms with Gasteiger partial charge in [-0.3, -0.25) is 10.1 Å². The zero-order valence-electron chi connectivity index (χ0n) is 9.09. The summed E-state index contributed by atoms with van der Waals surface area (Å²) in [4.78, 5) is 15.7. The molecular weight excluding hydrogens is 210 g/mol. The summed E-state index contributed by atoms with van der Waals surface area (Å²) in [7, 11) is 1.71. The summed E-state index contributed by atoms with van der Waals surface area (Å²) in [5.74, 6) is 0.233. The van der Waals surface area contributed by atoms with Crippen molar-refractivity contribution < 1.29 is 9.53 Å². The van der Waals surface area contributed by atoms with Gasteiger partial charge in [-0.2, -0.15) is 10.1 Å². The van der Waals surface area contributed by atoms with Crippen molar-refractivity contribution in [2.45, 2.75) is 25.0 Å². The molecule has 7 heteroatoms. The van der Waals surface area contributed by atoms with Gasteiger partial charge in [-0.15, -0.1) is 0 Å². The van der Waals surface area contributed by atoms with Gasteiger partial charge in [0.2, 0.25) is 5.95 Å². The Hall–Kier alpha value is -1.47. The number of carbonyl (C=O) groups is 1. The summed E-state index contributed by atoms with van der Waals surface area (Å²) >= 11 is 0. The van der Waals surface area contributed by atoms with Crippen molar-refractivity contribution in [3.8, 4) is 0 Å². The molecule has 2 atom stereocenters. The fraction of sp³-hybridized carbons (Fsp3) is 0.667. The Bertz CT molecular complexity index is 378. The number of nitrogens with one attached hydrogen (secondary N) is 1. The van der Waals surface area contributed by atoms with E-state index in [0.29, 0.717) is 18.9 Å². The Kier molecular flexibility index (Phi) is 3.16. The number of aryl methyl sites for hydroxylation is 1. The Morgan fingerprint density at radius 2 is 2.56 bits per heavy atom. The van der Waals surface area contributed by atoms with Gasteiger partial charge in [0.05, 0.1) is 6.10 Å². The van der Waals surface area contributed by atoms with E-state index >= 15 is 0 Å². The van der Waals surface area contributed by atoms with Gasteiger partial charge < -0.3 is 10.5 Å². The Morgan fingerprint density at radius 3 is 3.12 bits per heavy atom. The van der Waals surface area contributed by atoms with E-state index in [1.54, 1.807) is 7.05 Å². The second-order valence-corrected chi connectivity index (χ2v) is 3.76. The molecule has 2 unspecified atom stereocenters. The molecule has 7 nitrogen and oxygen atoms in total. The molecule has 0 saturated carbocycles. The van der Waals surface area contributed by atoms with E-state index < -0.39 is 6.10 Å². The highest BCUT2D eigenvalue weighted by Gasteiger charge is 2.30. The molecular formula is C9H15N5O2. The standard InChI is InChI=1S/C9H15N5O2/c1-14-9(11-5-12-14)13-8(15)7-3-2-6(4-10)16-7/h5-7H,2-4,10H2,1H3,(H,11,12,13,15). The number of ether oxygens (including phenoxy) is 1. The van der Waals surface area contributed by atoms with Crippen LogP contribution in [0.15, 0.2) is 6.33 Å². The third kappa shape index (κ3) is 2.20. The van der Waals surface area contributed by atoms with E-state index in [1.807, 2.05) is 0 Å². The summed E-state index contributed by atoms with van der Waals surface area (Å²) in [6.45, 7) is 0.452. The molecule has 88 valence electrons. The molecule has 1 aliphatic heterocycles. The summed E-state index contributed by atoms with van der Waals surface area (Å²) in [6, 6.07) is 0. The monoisotopic (exact) mass is 225 g/mol. The fourth-order valence-electron chi connectivity index (χ4n) is 1.67. The van der Waals surface area contributed by atoms with Crippen LogP contribution < -0.4 is 11.1 Å². The average molecular weight is 225 g/mol. The molecule has 0 aliphatic carbocycles. The van der Waals surface area contributed by atoms with Gasteiger partial charge in [0.1, 0.15) is 12.4 Å². The van der Waals surface area contributed by atoms with Crippen LogP contribution in [0, 0.1) is 0 Å². The third-order valence-corrected chi connectivity index (χ3v) is 2.61. The van der Waals surface area contributed by atoms with Crippen molar-refractivity contribution in [1.29, 1.82) is 0 Å². The van der Waals surface area contributed by atoms with Crippen molar-refractivity contribution in [3.05, 3.63) is 6.33 Å². The Balaban J connectivity index is 1.92. The minimum Gasteiger partial charge on any atom is -0.364 e. The summed E-state index contributed by atoms with van der Waals surface area (Å²) in [6.07, 6.45) is 2.48. The van der Waals surface area contributed by atoms with Crippen LogP contribution in [0.5, 0.6) is 0 Å². The average Bonchev–Trinajstić information content (AvgIpc) is 2.88. The van der Waals surface area contributed by atoms with Crippen molar-refractivity contribution >= 4 is 11.9 Å². The lowest BCUT2D eigenvalue weighted by Gasteiger charge is -2.11. The molecule has 1 aliphatic rings. The molecule has 2 heterocycles. The van der Waals surface area contributed by atoms with Crippen LogP contribution in [0.2, 0.25) is 0 Å². The molecule has 1 saturated heterocycles. The molecule has 3 N–H and O–H groups in total. The van der Waals surface area contributed by atoms with Gasteiger partial charge in [-0.25, -0.2) is 4.68 Å². The molecule has 0 aromatic carbocycles. The van der Waals surface area contributed by atoms with Gasteiger partial charge in [0, 0.05) is 13.6 Å². The molecule has 1 aromatic rings. The number of carbonyl (C=O) groups excluding carboxylic acids is 1. The van der Waals surface area contributed by atoms with Crippen molar-refractivity contribution in [2.75, 3.05) is 11.9 Å². The zero-order chi connectivity index (χ0) is 11.5. The lowest BCUT2D eigenvalue weighted by atomic mass is 10.2.